The molecule has 1 aliphatic heterocycles. The predicted molar refractivity (Wildman–Crippen MR) is 64.6 cm³/mol. The van der Waals surface area contributed by atoms with Crippen molar-refractivity contribution in [2.75, 3.05) is 6.54 Å². The van der Waals surface area contributed by atoms with Gasteiger partial charge in [-0.1, -0.05) is 19.9 Å². The van der Waals surface area contributed by atoms with Gasteiger partial charge in [-0.2, -0.15) is 0 Å². The smallest absolute Gasteiger partial charge is 0.130 e. The molecule has 1 aromatic rings. The van der Waals surface area contributed by atoms with Crippen LogP contribution in [0.5, 0.6) is 0 Å². The van der Waals surface area contributed by atoms with Crippen LogP contribution in [0.25, 0.3) is 0 Å². The van der Waals surface area contributed by atoms with E-state index in [4.69, 9.17) is 0 Å². The van der Waals surface area contributed by atoms with Crippen LogP contribution < -0.4 is 0 Å². The second-order valence-corrected chi connectivity index (χ2v) is 4.95. The molecule has 0 radical (unpaired) electrons. The van der Waals surface area contributed by atoms with E-state index < -0.39 is 11.6 Å². The van der Waals surface area contributed by atoms with Crippen molar-refractivity contribution in [3.8, 4) is 0 Å². The predicted octanol–water partition coefficient (Wildman–Crippen LogP) is 3.59. The standard InChI is InChI=1S/C14H19F2N/c1-3-14-10(2)6-7-17(14)9-11-4-5-12(15)8-13(11)16/h4-5,8,10,14H,3,6-7,9H2,1-2H3/t10-,14-/m1/s1. The number of halogens is 2. The van der Waals surface area contributed by atoms with E-state index in [0.29, 0.717) is 24.1 Å². The van der Waals surface area contributed by atoms with Gasteiger partial charge in [0.2, 0.25) is 0 Å². The molecule has 1 heterocycles. The molecular weight excluding hydrogens is 220 g/mol. The van der Waals surface area contributed by atoms with Crippen molar-refractivity contribution < 1.29 is 8.78 Å². The van der Waals surface area contributed by atoms with Gasteiger partial charge < -0.3 is 0 Å². The zero-order chi connectivity index (χ0) is 12.4. The third kappa shape index (κ3) is 2.65. The Hall–Kier alpha value is -0.960. The summed E-state index contributed by atoms with van der Waals surface area (Å²) in [6.07, 6.45) is 2.26. The molecule has 1 saturated heterocycles. The number of hydrogen-bond acceptors (Lipinski definition) is 1. The van der Waals surface area contributed by atoms with Crippen molar-refractivity contribution in [1.82, 2.24) is 4.90 Å². The maximum absolute atomic E-state index is 13.6. The molecule has 3 heteroatoms. The van der Waals surface area contributed by atoms with Crippen molar-refractivity contribution in [1.29, 1.82) is 0 Å². The second-order valence-electron chi connectivity index (χ2n) is 4.95. The lowest BCUT2D eigenvalue weighted by Gasteiger charge is -2.25. The molecule has 0 unspecified atom stereocenters. The summed E-state index contributed by atoms with van der Waals surface area (Å²) in [6.45, 7) is 6.02. The maximum Gasteiger partial charge on any atom is 0.130 e. The van der Waals surface area contributed by atoms with Crippen molar-refractivity contribution in [3.63, 3.8) is 0 Å². The van der Waals surface area contributed by atoms with E-state index in [-0.39, 0.29) is 0 Å². The molecule has 17 heavy (non-hydrogen) atoms. The zero-order valence-electron chi connectivity index (χ0n) is 10.4. The van der Waals surface area contributed by atoms with Gasteiger partial charge in [-0.25, -0.2) is 8.78 Å². The molecule has 2 atom stereocenters. The van der Waals surface area contributed by atoms with E-state index in [9.17, 15) is 8.78 Å². The SMILES string of the molecule is CC[C@@H]1[C@H](C)CCN1Cc1ccc(F)cc1F. The highest BCUT2D eigenvalue weighted by Crippen LogP contribution is 2.28. The van der Waals surface area contributed by atoms with Gasteiger partial charge in [-0.05, 0) is 31.4 Å². The first kappa shape index (κ1) is 12.5. The van der Waals surface area contributed by atoms with Crippen molar-refractivity contribution in [2.24, 2.45) is 5.92 Å². The molecule has 0 aromatic heterocycles. The summed E-state index contributed by atoms with van der Waals surface area (Å²) in [5, 5.41) is 0. The number of benzene rings is 1. The molecule has 1 aromatic carbocycles. The molecule has 0 spiro atoms. The summed E-state index contributed by atoms with van der Waals surface area (Å²) >= 11 is 0. The summed E-state index contributed by atoms with van der Waals surface area (Å²) in [5.74, 6) is -0.268. The van der Waals surface area contributed by atoms with Crippen molar-refractivity contribution >= 4 is 0 Å². The van der Waals surface area contributed by atoms with Gasteiger partial charge >= 0.3 is 0 Å². The first-order valence-corrected chi connectivity index (χ1v) is 6.29. The Morgan fingerprint density at radius 3 is 2.76 bits per heavy atom. The monoisotopic (exact) mass is 239 g/mol. The fraction of sp³-hybridized carbons (Fsp3) is 0.571. The zero-order valence-corrected chi connectivity index (χ0v) is 10.4. The summed E-state index contributed by atoms with van der Waals surface area (Å²) in [4.78, 5) is 2.31. The molecule has 1 nitrogen and oxygen atoms in total. The van der Waals surface area contributed by atoms with E-state index in [0.717, 1.165) is 19.0 Å². The van der Waals surface area contributed by atoms with Crippen LogP contribution in [0.4, 0.5) is 8.78 Å². The van der Waals surface area contributed by atoms with E-state index in [2.05, 4.69) is 18.7 Å². The quantitative estimate of drug-likeness (QED) is 0.779. The maximum atomic E-state index is 13.6. The lowest BCUT2D eigenvalue weighted by Crippen LogP contribution is -2.31. The fourth-order valence-electron chi connectivity index (χ4n) is 2.81. The minimum atomic E-state index is -0.506. The highest BCUT2D eigenvalue weighted by atomic mass is 19.1. The van der Waals surface area contributed by atoms with Crippen LogP contribution >= 0.6 is 0 Å². The summed E-state index contributed by atoms with van der Waals surface area (Å²) in [5.41, 5.74) is 0.596. The van der Waals surface area contributed by atoms with Crippen LogP contribution in [0.3, 0.4) is 0 Å². The molecule has 0 amide bonds. The third-order valence-corrected chi connectivity index (χ3v) is 3.80. The largest absolute Gasteiger partial charge is 0.296 e. The third-order valence-electron chi connectivity index (χ3n) is 3.80. The van der Waals surface area contributed by atoms with Gasteiger partial charge in [0, 0.05) is 24.2 Å². The average molecular weight is 239 g/mol. The molecule has 0 bridgehead atoms. The van der Waals surface area contributed by atoms with Crippen molar-refractivity contribution in [2.45, 2.75) is 39.3 Å². The Morgan fingerprint density at radius 1 is 1.35 bits per heavy atom. The molecule has 1 aliphatic rings. The van der Waals surface area contributed by atoms with Crippen LogP contribution in [-0.4, -0.2) is 17.5 Å². The fourth-order valence-corrected chi connectivity index (χ4v) is 2.81. The molecular formula is C14H19F2N. The van der Waals surface area contributed by atoms with Crippen LogP contribution in [0.15, 0.2) is 18.2 Å². The molecule has 94 valence electrons. The average Bonchev–Trinajstić information content (AvgIpc) is 2.63. The highest BCUT2D eigenvalue weighted by Gasteiger charge is 2.29. The van der Waals surface area contributed by atoms with Gasteiger partial charge in [0.15, 0.2) is 0 Å². The normalized spacial score (nSPS) is 25.4. The first-order valence-electron chi connectivity index (χ1n) is 6.29. The Bertz CT molecular complexity index is 392. The molecule has 1 fully saturated rings. The van der Waals surface area contributed by atoms with Gasteiger partial charge in [0.05, 0.1) is 0 Å². The number of hydrogen-bond donors (Lipinski definition) is 0. The molecule has 0 aliphatic carbocycles. The van der Waals surface area contributed by atoms with Gasteiger partial charge in [0.25, 0.3) is 0 Å². The Balaban J connectivity index is 2.10. The second kappa shape index (κ2) is 5.13. The first-order chi connectivity index (χ1) is 8.11. The number of rotatable bonds is 3. The minimum Gasteiger partial charge on any atom is -0.296 e. The Morgan fingerprint density at radius 2 is 2.12 bits per heavy atom. The molecule has 2 rings (SSSR count). The highest BCUT2D eigenvalue weighted by molar-refractivity contribution is 5.18. The van der Waals surface area contributed by atoms with Gasteiger partial charge in [-0.15, -0.1) is 0 Å². The number of nitrogens with zero attached hydrogens (tertiary/aromatic N) is 1. The lowest BCUT2D eigenvalue weighted by molar-refractivity contribution is 0.214. The van der Waals surface area contributed by atoms with Crippen LogP contribution in [0, 0.1) is 17.6 Å². The number of likely N-dealkylation sites (tertiary alicyclic amines) is 1. The topological polar surface area (TPSA) is 3.24 Å². The Kier molecular flexibility index (Phi) is 3.77. The van der Waals surface area contributed by atoms with Gasteiger partial charge in [0.1, 0.15) is 11.6 Å². The van der Waals surface area contributed by atoms with E-state index in [1.165, 1.54) is 12.5 Å². The van der Waals surface area contributed by atoms with E-state index >= 15 is 0 Å². The summed E-state index contributed by atoms with van der Waals surface area (Å²) in [7, 11) is 0. The van der Waals surface area contributed by atoms with Crippen LogP contribution in [0.2, 0.25) is 0 Å². The van der Waals surface area contributed by atoms with Gasteiger partial charge in [-0.3, -0.25) is 4.90 Å². The lowest BCUT2D eigenvalue weighted by atomic mass is 10.0. The minimum absolute atomic E-state index is 0.431. The summed E-state index contributed by atoms with van der Waals surface area (Å²) in [6, 6.07) is 4.38. The molecule has 0 N–H and O–H groups in total. The molecule has 0 saturated carbocycles. The summed E-state index contributed by atoms with van der Waals surface area (Å²) < 4.78 is 26.4. The van der Waals surface area contributed by atoms with Crippen LogP contribution in [0.1, 0.15) is 32.3 Å². The Labute approximate surface area is 101 Å². The van der Waals surface area contributed by atoms with Crippen LogP contribution in [-0.2, 0) is 6.54 Å². The van der Waals surface area contributed by atoms with Crippen molar-refractivity contribution in [3.05, 3.63) is 35.4 Å². The van der Waals surface area contributed by atoms with E-state index in [1.54, 1.807) is 6.07 Å². The van der Waals surface area contributed by atoms with E-state index in [1.807, 2.05) is 0 Å².